The second-order valence-corrected chi connectivity index (χ2v) is 5.87. The van der Waals surface area contributed by atoms with Crippen molar-refractivity contribution in [2.75, 3.05) is 13.7 Å². The average molecular weight is 334 g/mol. The normalized spacial score (nSPS) is 10.6. The molecule has 2 aromatic carbocycles. The number of methoxy groups -OCH3 is 1. The highest BCUT2D eigenvalue weighted by Crippen LogP contribution is 2.29. The van der Waals surface area contributed by atoms with Crippen LogP contribution < -0.4 is 14.8 Å². The molecule has 0 atom stereocenters. The fourth-order valence-electron chi connectivity index (χ4n) is 2.22. The zero-order valence-electron chi connectivity index (χ0n) is 13.8. The maximum absolute atomic E-state index is 5.89. The van der Waals surface area contributed by atoms with Crippen molar-refractivity contribution < 1.29 is 9.47 Å². The number of unbranched alkanes of at least 4 members (excludes halogenated alkanes) is 1. The fraction of sp³-hybridized carbons (Fsp3) is 0.368. The molecule has 0 saturated heterocycles. The van der Waals surface area contributed by atoms with Crippen LogP contribution in [-0.4, -0.2) is 13.7 Å². The van der Waals surface area contributed by atoms with Crippen LogP contribution in [0.2, 0.25) is 5.02 Å². The van der Waals surface area contributed by atoms with Crippen molar-refractivity contribution in [3.8, 4) is 11.5 Å². The van der Waals surface area contributed by atoms with E-state index in [2.05, 4.69) is 18.3 Å². The molecule has 0 aliphatic rings. The van der Waals surface area contributed by atoms with E-state index in [1.807, 2.05) is 36.4 Å². The van der Waals surface area contributed by atoms with Crippen molar-refractivity contribution in [3.05, 3.63) is 58.6 Å². The van der Waals surface area contributed by atoms with Crippen molar-refractivity contribution in [1.82, 2.24) is 5.32 Å². The van der Waals surface area contributed by atoms with Gasteiger partial charge in [0.05, 0.1) is 7.11 Å². The van der Waals surface area contributed by atoms with Gasteiger partial charge in [0, 0.05) is 11.6 Å². The van der Waals surface area contributed by atoms with E-state index in [4.69, 9.17) is 21.1 Å². The average Bonchev–Trinajstić information content (AvgIpc) is 2.58. The van der Waals surface area contributed by atoms with Crippen LogP contribution in [0.15, 0.2) is 42.5 Å². The minimum absolute atomic E-state index is 0.488. The first-order valence-electron chi connectivity index (χ1n) is 7.97. The van der Waals surface area contributed by atoms with E-state index in [-0.39, 0.29) is 0 Å². The molecular formula is C19H24ClNO2. The molecular weight excluding hydrogens is 310 g/mol. The van der Waals surface area contributed by atoms with Gasteiger partial charge in [-0.15, -0.1) is 0 Å². The lowest BCUT2D eigenvalue weighted by atomic mass is 10.2. The zero-order chi connectivity index (χ0) is 16.5. The first kappa shape index (κ1) is 17.6. The largest absolute Gasteiger partial charge is 0.493 e. The number of nitrogens with one attached hydrogen (secondary N) is 1. The lowest BCUT2D eigenvalue weighted by Crippen LogP contribution is -2.14. The van der Waals surface area contributed by atoms with Crippen molar-refractivity contribution in [2.24, 2.45) is 0 Å². The van der Waals surface area contributed by atoms with E-state index >= 15 is 0 Å². The molecule has 4 heteroatoms. The lowest BCUT2D eigenvalue weighted by molar-refractivity contribution is 0.284. The van der Waals surface area contributed by atoms with E-state index < -0.39 is 0 Å². The number of halogens is 1. The van der Waals surface area contributed by atoms with Gasteiger partial charge in [0.25, 0.3) is 0 Å². The Morgan fingerprint density at radius 1 is 1.00 bits per heavy atom. The Hall–Kier alpha value is -1.71. The van der Waals surface area contributed by atoms with Crippen molar-refractivity contribution in [3.63, 3.8) is 0 Å². The molecule has 3 nitrogen and oxygen atoms in total. The highest BCUT2D eigenvalue weighted by atomic mass is 35.5. The number of benzene rings is 2. The van der Waals surface area contributed by atoms with Crippen LogP contribution in [-0.2, 0) is 13.2 Å². The van der Waals surface area contributed by atoms with Crippen LogP contribution in [0.1, 0.15) is 30.9 Å². The van der Waals surface area contributed by atoms with Gasteiger partial charge in [0.15, 0.2) is 11.5 Å². The van der Waals surface area contributed by atoms with Crippen LogP contribution in [0, 0.1) is 0 Å². The summed E-state index contributed by atoms with van der Waals surface area (Å²) < 4.78 is 11.3. The van der Waals surface area contributed by atoms with Crippen LogP contribution in [0.5, 0.6) is 11.5 Å². The summed E-state index contributed by atoms with van der Waals surface area (Å²) in [5.74, 6) is 1.51. The fourth-order valence-corrected chi connectivity index (χ4v) is 2.34. The summed E-state index contributed by atoms with van der Waals surface area (Å²) in [5, 5.41) is 4.16. The first-order chi connectivity index (χ1) is 11.2. The predicted molar refractivity (Wildman–Crippen MR) is 95.4 cm³/mol. The standard InChI is InChI=1S/C19H24ClNO2/c1-3-4-11-21-13-16-7-10-18(19(12-16)22-2)23-14-15-5-8-17(20)9-6-15/h5-10,12,21H,3-4,11,13-14H2,1-2H3. The third-order valence-corrected chi connectivity index (χ3v) is 3.82. The van der Waals surface area contributed by atoms with Crippen molar-refractivity contribution in [2.45, 2.75) is 32.9 Å². The van der Waals surface area contributed by atoms with Gasteiger partial charge in [0.2, 0.25) is 0 Å². The van der Waals surface area contributed by atoms with Crippen LogP contribution >= 0.6 is 11.6 Å². The summed E-state index contributed by atoms with van der Waals surface area (Å²) in [7, 11) is 1.67. The summed E-state index contributed by atoms with van der Waals surface area (Å²) in [6.45, 7) is 4.56. The van der Waals surface area contributed by atoms with Crippen LogP contribution in [0.3, 0.4) is 0 Å². The molecule has 0 unspecified atom stereocenters. The first-order valence-corrected chi connectivity index (χ1v) is 8.35. The number of ether oxygens (including phenoxy) is 2. The Kier molecular flexibility index (Phi) is 7.24. The summed E-state index contributed by atoms with van der Waals surface area (Å²) in [6, 6.07) is 13.7. The molecule has 0 spiro atoms. The second-order valence-electron chi connectivity index (χ2n) is 5.43. The predicted octanol–water partition coefficient (Wildman–Crippen LogP) is 4.82. The number of hydrogen-bond donors (Lipinski definition) is 1. The summed E-state index contributed by atoms with van der Waals surface area (Å²) in [6.07, 6.45) is 2.40. The van der Waals surface area contributed by atoms with Gasteiger partial charge in [-0.2, -0.15) is 0 Å². The Bertz CT molecular complexity index is 599. The SMILES string of the molecule is CCCCNCc1ccc(OCc2ccc(Cl)cc2)c(OC)c1. The van der Waals surface area contributed by atoms with Gasteiger partial charge < -0.3 is 14.8 Å². The van der Waals surface area contributed by atoms with Crippen molar-refractivity contribution in [1.29, 1.82) is 0 Å². The maximum atomic E-state index is 5.89. The highest BCUT2D eigenvalue weighted by Gasteiger charge is 2.06. The topological polar surface area (TPSA) is 30.5 Å². The number of rotatable bonds is 9. The summed E-state index contributed by atoms with van der Waals surface area (Å²) in [4.78, 5) is 0. The monoisotopic (exact) mass is 333 g/mol. The van der Waals surface area contributed by atoms with E-state index in [9.17, 15) is 0 Å². The van der Waals surface area contributed by atoms with Crippen molar-refractivity contribution >= 4 is 11.6 Å². The van der Waals surface area contributed by atoms with Gasteiger partial charge in [-0.25, -0.2) is 0 Å². The van der Waals surface area contributed by atoms with Gasteiger partial charge in [0.1, 0.15) is 6.61 Å². The molecule has 0 radical (unpaired) electrons. The smallest absolute Gasteiger partial charge is 0.161 e. The Labute approximate surface area is 143 Å². The lowest BCUT2D eigenvalue weighted by Gasteiger charge is -2.13. The number of hydrogen-bond acceptors (Lipinski definition) is 3. The molecule has 2 rings (SSSR count). The minimum Gasteiger partial charge on any atom is -0.493 e. The third-order valence-electron chi connectivity index (χ3n) is 3.57. The molecule has 0 heterocycles. The molecule has 0 fully saturated rings. The van der Waals surface area contributed by atoms with Gasteiger partial charge in [-0.1, -0.05) is 43.1 Å². The van der Waals surface area contributed by atoms with Gasteiger partial charge in [-0.3, -0.25) is 0 Å². The maximum Gasteiger partial charge on any atom is 0.161 e. The molecule has 2 aromatic rings. The summed E-state index contributed by atoms with van der Waals surface area (Å²) in [5.41, 5.74) is 2.26. The molecule has 1 N–H and O–H groups in total. The molecule has 0 aliphatic carbocycles. The van der Waals surface area contributed by atoms with E-state index in [0.29, 0.717) is 6.61 Å². The van der Waals surface area contributed by atoms with Gasteiger partial charge in [-0.05, 0) is 48.4 Å². The minimum atomic E-state index is 0.488. The molecule has 23 heavy (non-hydrogen) atoms. The molecule has 0 saturated carbocycles. The van der Waals surface area contributed by atoms with E-state index in [1.165, 1.54) is 18.4 Å². The van der Waals surface area contributed by atoms with E-state index in [0.717, 1.165) is 35.2 Å². The molecule has 0 aromatic heterocycles. The quantitative estimate of drug-likeness (QED) is 0.667. The van der Waals surface area contributed by atoms with Crippen LogP contribution in [0.25, 0.3) is 0 Å². The molecule has 0 amide bonds. The third kappa shape index (κ3) is 5.77. The molecule has 0 aliphatic heterocycles. The molecule has 0 bridgehead atoms. The molecule has 124 valence electrons. The zero-order valence-corrected chi connectivity index (χ0v) is 14.5. The Balaban J connectivity index is 1.94. The Morgan fingerprint density at radius 3 is 2.43 bits per heavy atom. The van der Waals surface area contributed by atoms with Gasteiger partial charge >= 0.3 is 0 Å². The highest BCUT2D eigenvalue weighted by molar-refractivity contribution is 6.30. The Morgan fingerprint density at radius 2 is 1.74 bits per heavy atom. The van der Waals surface area contributed by atoms with Crippen LogP contribution in [0.4, 0.5) is 0 Å². The summed E-state index contributed by atoms with van der Waals surface area (Å²) >= 11 is 5.89. The second kappa shape index (κ2) is 9.43. The van der Waals surface area contributed by atoms with E-state index in [1.54, 1.807) is 7.11 Å².